The van der Waals surface area contributed by atoms with E-state index in [0.717, 1.165) is 48.1 Å². The molecule has 1 aliphatic heterocycles. The highest BCUT2D eigenvalue weighted by Crippen LogP contribution is 2.45. The van der Waals surface area contributed by atoms with Gasteiger partial charge in [-0.15, -0.1) is 0 Å². The highest BCUT2D eigenvalue weighted by molar-refractivity contribution is 5.79. The van der Waals surface area contributed by atoms with Crippen LogP contribution in [0.25, 0.3) is 11.1 Å². The Balaban J connectivity index is 1.85. The molecule has 0 saturated carbocycles. The van der Waals surface area contributed by atoms with Crippen molar-refractivity contribution >= 4 is 0 Å². The maximum atomic E-state index is 12.0. The number of rotatable bonds is 3. The van der Waals surface area contributed by atoms with Gasteiger partial charge in [0.1, 0.15) is 0 Å². The molecule has 4 heteroatoms. The fraction of sp³-hybridized carbons (Fsp3) is 0.412. The van der Waals surface area contributed by atoms with E-state index in [2.05, 4.69) is 6.92 Å². The molecule has 4 rings (SSSR count). The van der Waals surface area contributed by atoms with Crippen LogP contribution in [-0.2, 0) is 6.42 Å². The van der Waals surface area contributed by atoms with E-state index in [9.17, 15) is 9.59 Å². The van der Waals surface area contributed by atoms with Crippen molar-refractivity contribution in [2.24, 2.45) is 0 Å². The van der Waals surface area contributed by atoms with Gasteiger partial charge in [-0.3, -0.25) is 9.59 Å². The zero-order valence-electron chi connectivity index (χ0n) is 11.9. The first-order valence-corrected chi connectivity index (χ1v) is 7.46. The lowest BCUT2D eigenvalue weighted by Gasteiger charge is -2.28. The summed E-state index contributed by atoms with van der Waals surface area (Å²) in [5.74, 6) is 1.59. The van der Waals surface area contributed by atoms with Crippen LogP contribution in [0.5, 0.6) is 11.5 Å². The van der Waals surface area contributed by atoms with Crippen LogP contribution in [-0.4, -0.2) is 6.79 Å². The fourth-order valence-electron chi connectivity index (χ4n) is 3.52. The second-order valence-corrected chi connectivity index (χ2v) is 5.85. The van der Waals surface area contributed by atoms with E-state index in [-0.39, 0.29) is 23.6 Å². The van der Waals surface area contributed by atoms with Crippen LogP contribution in [0.3, 0.4) is 0 Å². The predicted octanol–water partition coefficient (Wildman–Crippen LogP) is 2.51. The highest BCUT2D eigenvalue weighted by Gasteiger charge is 2.35. The molecule has 1 heterocycles. The molecular weight excluding hydrogens is 268 g/mol. The maximum Gasteiger partial charge on any atom is 0.234 e. The second-order valence-electron chi connectivity index (χ2n) is 5.85. The van der Waals surface area contributed by atoms with E-state index in [1.165, 1.54) is 0 Å². The molecule has 1 atom stereocenters. The second kappa shape index (κ2) is 4.45. The summed E-state index contributed by atoms with van der Waals surface area (Å²) in [5, 5.41) is 0. The highest BCUT2D eigenvalue weighted by atomic mass is 16.7. The summed E-state index contributed by atoms with van der Waals surface area (Å²) in [4.78, 5) is 23.9. The largest absolute Gasteiger partial charge is 0.454 e. The number of fused-ring (bicyclic) bond motifs is 4. The van der Waals surface area contributed by atoms with Gasteiger partial charge in [0, 0.05) is 11.1 Å². The Labute approximate surface area is 122 Å². The lowest BCUT2D eigenvalue weighted by molar-refractivity contribution is 0.174. The number of hydrogen-bond acceptors (Lipinski definition) is 4. The van der Waals surface area contributed by atoms with Crippen LogP contribution in [0, 0.1) is 0 Å². The SMILES string of the molecule is CCCC[C@@H]1Cc2cc3c(cc2-c2c1c(=O)c2=O)OCO3. The third-order valence-corrected chi connectivity index (χ3v) is 4.60. The normalized spacial score (nSPS) is 18.6. The van der Waals surface area contributed by atoms with Gasteiger partial charge in [-0.2, -0.15) is 0 Å². The number of ether oxygens (including phenoxy) is 2. The van der Waals surface area contributed by atoms with Gasteiger partial charge < -0.3 is 9.47 Å². The van der Waals surface area contributed by atoms with Gasteiger partial charge in [-0.1, -0.05) is 19.8 Å². The summed E-state index contributed by atoms with van der Waals surface area (Å²) >= 11 is 0. The summed E-state index contributed by atoms with van der Waals surface area (Å²) in [6, 6.07) is 3.82. The first-order chi connectivity index (χ1) is 10.2. The molecule has 4 nitrogen and oxygen atoms in total. The van der Waals surface area contributed by atoms with Gasteiger partial charge in [-0.25, -0.2) is 0 Å². The topological polar surface area (TPSA) is 52.6 Å². The molecule has 0 aromatic heterocycles. The van der Waals surface area contributed by atoms with E-state index >= 15 is 0 Å². The molecule has 2 aromatic rings. The van der Waals surface area contributed by atoms with E-state index < -0.39 is 0 Å². The lowest BCUT2D eigenvalue weighted by atomic mass is 9.73. The minimum Gasteiger partial charge on any atom is -0.454 e. The first kappa shape index (κ1) is 12.6. The zero-order valence-corrected chi connectivity index (χ0v) is 11.9. The Bertz CT molecular complexity index is 796. The van der Waals surface area contributed by atoms with Crippen LogP contribution in [0.4, 0.5) is 0 Å². The smallest absolute Gasteiger partial charge is 0.234 e. The number of hydrogen-bond donors (Lipinski definition) is 0. The molecule has 0 unspecified atom stereocenters. The van der Waals surface area contributed by atoms with Crippen molar-refractivity contribution in [3.05, 3.63) is 43.7 Å². The van der Waals surface area contributed by atoms with Crippen LogP contribution < -0.4 is 20.3 Å². The van der Waals surface area contributed by atoms with Crippen LogP contribution >= 0.6 is 0 Å². The van der Waals surface area contributed by atoms with E-state index in [4.69, 9.17) is 9.47 Å². The minimum absolute atomic E-state index is 0.179. The van der Waals surface area contributed by atoms with Gasteiger partial charge >= 0.3 is 0 Å². The summed E-state index contributed by atoms with van der Waals surface area (Å²) in [7, 11) is 0. The lowest BCUT2D eigenvalue weighted by Crippen LogP contribution is -2.41. The Morgan fingerprint density at radius 3 is 2.67 bits per heavy atom. The van der Waals surface area contributed by atoms with Crippen molar-refractivity contribution in [2.75, 3.05) is 6.79 Å². The molecule has 2 aliphatic rings. The van der Waals surface area contributed by atoms with Crippen LogP contribution in [0.2, 0.25) is 0 Å². The van der Waals surface area contributed by atoms with Gasteiger partial charge in [0.05, 0.1) is 0 Å². The van der Waals surface area contributed by atoms with Crippen LogP contribution in [0.15, 0.2) is 21.7 Å². The molecule has 108 valence electrons. The summed E-state index contributed by atoms with van der Waals surface area (Å²) in [5.41, 5.74) is 2.72. The Morgan fingerprint density at radius 2 is 1.90 bits per heavy atom. The molecule has 0 bridgehead atoms. The van der Waals surface area contributed by atoms with Crippen molar-refractivity contribution in [2.45, 2.75) is 38.5 Å². The van der Waals surface area contributed by atoms with E-state index in [1.54, 1.807) is 0 Å². The van der Waals surface area contributed by atoms with Crippen LogP contribution in [0.1, 0.15) is 43.2 Å². The van der Waals surface area contributed by atoms with Gasteiger partial charge in [-0.05, 0) is 42.0 Å². The van der Waals surface area contributed by atoms with Gasteiger partial charge in [0.15, 0.2) is 11.5 Å². The average Bonchev–Trinajstić information content (AvgIpc) is 2.95. The van der Waals surface area contributed by atoms with E-state index in [0.29, 0.717) is 11.3 Å². The minimum atomic E-state index is -0.341. The van der Waals surface area contributed by atoms with Crippen molar-refractivity contribution in [3.63, 3.8) is 0 Å². The monoisotopic (exact) mass is 284 g/mol. The molecule has 0 spiro atoms. The maximum absolute atomic E-state index is 12.0. The Hall–Kier alpha value is -2.10. The molecule has 0 fully saturated rings. The average molecular weight is 284 g/mol. The standard InChI is InChI=1S/C17H16O4/c1-2-3-4-9-5-10-6-12-13(21-8-20-12)7-11(10)15-14(9)16(18)17(15)19/h6-7,9H,2-5,8H2,1H3/t9-/m1/s1. The summed E-state index contributed by atoms with van der Waals surface area (Å²) < 4.78 is 10.8. The molecule has 0 N–H and O–H groups in total. The zero-order chi connectivity index (χ0) is 14.6. The fourth-order valence-corrected chi connectivity index (χ4v) is 3.52. The van der Waals surface area contributed by atoms with Crippen molar-refractivity contribution in [3.8, 4) is 22.6 Å². The van der Waals surface area contributed by atoms with Crippen molar-refractivity contribution in [1.82, 2.24) is 0 Å². The molecule has 0 radical (unpaired) electrons. The molecule has 0 saturated heterocycles. The van der Waals surface area contributed by atoms with Crippen molar-refractivity contribution < 1.29 is 9.47 Å². The number of unbranched alkanes of at least 4 members (excludes halogenated alkanes) is 1. The molecular formula is C17H16O4. The Kier molecular flexibility index (Phi) is 2.67. The Morgan fingerprint density at radius 1 is 1.14 bits per heavy atom. The molecule has 2 aromatic carbocycles. The van der Waals surface area contributed by atoms with Gasteiger partial charge in [0.2, 0.25) is 17.7 Å². The quantitative estimate of drug-likeness (QED) is 0.813. The third-order valence-electron chi connectivity index (χ3n) is 4.60. The molecule has 21 heavy (non-hydrogen) atoms. The molecule has 0 amide bonds. The third kappa shape index (κ3) is 1.68. The first-order valence-electron chi connectivity index (χ1n) is 7.46. The summed E-state index contributed by atoms with van der Waals surface area (Å²) in [6.07, 6.45) is 3.93. The summed E-state index contributed by atoms with van der Waals surface area (Å²) in [6.45, 7) is 2.36. The predicted molar refractivity (Wildman–Crippen MR) is 78.9 cm³/mol. The molecule has 1 aliphatic carbocycles. The van der Waals surface area contributed by atoms with E-state index in [1.807, 2.05) is 12.1 Å². The van der Waals surface area contributed by atoms with Gasteiger partial charge in [0.25, 0.3) is 0 Å². The number of benzene rings is 1. The van der Waals surface area contributed by atoms with Crippen molar-refractivity contribution in [1.29, 1.82) is 0 Å².